The van der Waals surface area contributed by atoms with Crippen molar-refractivity contribution in [2.75, 3.05) is 14.2 Å². The van der Waals surface area contributed by atoms with Gasteiger partial charge in [-0.2, -0.15) is 0 Å². The summed E-state index contributed by atoms with van der Waals surface area (Å²) in [7, 11) is 3.10. The van der Waals surface area contributed by atoms with Crippen molar-refractivity contribution in [3.63, 3.8) is 0 Å². The van der Waals surface area contributed by atoms with E-state index < -0.39 is 0 Å². The molecule has 0 aliphatic carbocycles. The van der Waals surface area contributed by atoms with Crippen molar-refractivity contribution in [3.8, 4) is 11.5 Å². The minimum absolute atomic E-state index is 0.246. The lowest BCUT2D eigenvalue weighted by Crippen LogP contribution is -2.27. The number of aromatic nitrogens is 1. The van der Waals surface area contributed by atoms with Gasteiger partial charge in [-0.25, -0.2) is 4.98 Å². The zero-order valence-electron chi connectivity index (χ0n) is 14.4. The van der Waals surface area contributed by atoms with Gasteiger partial charge >= 0.3 is 0 Å². The summed E-state index contributed by atoms with van der Waals surface area (Å²) < 4.78 is 16.2. The number of carbonyl (C=O) groups excluding carboxylic acids is 1. The predicted molar refractivity (Wildman–Crippen MR) is 90.6 cm³/mol. The first-order valence-electron chi connectivity index (χ1n) is 7.59. The lowest BCUT2D eigenvalue weighted by Gasteiger charge is -2.15. The van der Waals surface area contributed by atoms with Gasteiger partial charge in [-0.1, -0.05) is 6.08 Å². The van der Waals surface area contributed by atoms with Crippen molar-refractivity contribution >= 4 is 5.91 Å². The number of amides is 1. The third kappa shape index (κ3) is 3.76. The average Bonchev–Trinajstić information content (AvgIpc) is 3.00. The maximum Gasteiger partial charge on any atom is 0.252 e. The van der Waals surface area contributed by atoms with Crippen molar-refractivity contribution in [1.82, 2.24) is 10.3 Å². The Hall–Kier alpha value is -2.76. The number of aryl methyl sites for hydroxylation is 1. The Morgan fingerprint density at radius 2 is 2.17 bits per heavy atom. The molecule has 24 heavy (non-hydrogen) atoms. The number of nitrogens with one attached hydrogen (secondary N) is 1. The number of benzene rings is 1. The SMILES string of the molecule is C=CCc1cc(C(=O)N[C@H](C)c2ncc(C)o2)cc(OC)c1OC. The molecular weight excluding hydrogens is 308 g/mol. The summed E-state index contributed by atoms with van der Waals surface area (Å²) in [6.45, 7) is 7.35. The van der Waals surface area contributed by atoms with E-state index in [0.717, 1.165) is 5.56 Å². The topological polar surface area (TPSA) is 73.6 Å². The fraction of sp³-hybridized carbons (Fsp3) is 0.333. The molecule has 0 aliphatic heterocycles. The molecule has 1 heterocycles. The molecule has 1 amide bonds. The maximum absolute atomic E-state index is 12.6. The van der Waals surface area contributed by atoms with E-state index in [9.17, 15) is 4.79 Å². The van der Waals surface area contributed by atoms with Gasteiger partial charge in [-0.05, 0) is 32.4 Å². The molecule has 0 saturated heterocycles. The van der Waals surface area contributed by atoms with Crippen molar-refractivity contribution in [2.24, 2.45) is 0 Å². The molecule has 6 heteroatoms. The molecule has 1 atom stereocenters. The summed E-state index contributed by atoms with van der Waals surface area (Å²) in [6.07, 6.45) is 3.93. The highest BCUT2D eigenvalue weighted by Gasteiger charge is 2.19. The van der Waals surface area contributed by atoms with Gasteiger partial charge in [0, 0.05) is 11.1 Å². The third-order valence-corrected chi connectivity index (χ3v) is 3.54. The predicted octanol–water partition coefficient (Wildman–Crippen LogP) is 3.22. The lowest BCUT2D eigenvalue weighted by molar-refractivity contribution is 0.0933. The Kier molecular flexibility index (Phi) is 5.63. The minimum atomic E-state index is -0.345. The normalized spacial score (nSPS) is 11.7. The Morgan fingerprint density at radius 3 is 2.71 bits per heavy atom. The summed E-state index contributed by atoms with van der Waals surface area (Å²) in [5, 5.41) is 2.87. The second-order valence-electron chi connectivity index (χ2n) is 5.37. The summed E-state index contributed by atoms with van der Waals surface area (Å²) >= 11 is 0. The van der Waals surface area contributed by atoms with Crippen molar-refractivity contribution in [1.29, 1.82) is 0 Å². The minimum Gasteiger partial charge on any atom is -0.493 e. The summed E-state index contributed by atoms with van der Waals surface area (Å²) in [4.78, 5) is 16.7. The van der Waals surface area contributed by atoms with Crippen LogP contribution in [0.15, 0.2) is 35.4 Å². The van der Waals surface area contributed by atoms with Gasteiger partial charge in [0.15, 0.2) is 11.5 Å². The van der Waals surface area contributed by atoms with E-state index >= 15 is 0 Å². The van der Waals surface area contributed by atoms with E-state index in [4.69, 9.17) is 13.9 Å². The van der Waals surface area contributed by atoms with Crippen LogP contribution < -0.4 is 14.8 Å². The fourth-order valence-electron chi connectivity index (χ4n) is 2.40. The molecule has 2 rings (SSSR count). The van der Waals surface area contributed by atoms with Gasteiger partial charge in [-0.15, -0.1) is 6.58 Å². The number of nitrogens with zero attached hydrogens (tertiary/aromatic N) is 1. The first-order chi connectivity index (χ1) is 11.5. The Bertz CT molecular complexity index is 737. The second-order valence-corrected chi connectivity index (χ2v) is 5.37. The molecule has 0 radical (unpaired) electrons. The molecular formula is C18H22N2O4. The van der Waals surface area contributed by atoms with E-state index in [1.165, 1.54) is 7.11 Å². The average molecular weight is 330 g/mol. The molecule has 2 aromatic rings. The number of allylic oxidation sites excluding steroid dienone is 1. The number of oxazole rings is 1. The number of hydrogen-bond donors (Lipinski definition) is 1. The highest BCUT2D eigenvalue weighted by Crippen LogP contribution is 2.33. The van der Waals surface area contributed by atoms with Crippen LogP contribution in [0.1, 0.15) is 40.5 Å². The number of carbonyl (C=O) groups is 1. The molecule has 1 N–H and O–H groups in total. The fourth-order valence-corrected chi connectivity index (χ4v) is 2.40. The van der Waals surface area contributed by atoms with Crippen LogP contribution in [0.2, 0.25) is 0 Å². The van der Waals surface area contributed by atoms with E-state index in [0.29, 0.717) is 35.1 Å². The van der Waals surface area contributed by atoms with E-state index in [2.05, 4.69) is 16.9 Å². The molecule has 1 aromatic heterocycles. The zero-order chi connectivity index (χ0) is 17.7. The highest BCUT2D eigenvalue weighted by molar-refractivity contribution is 5.95. The van der Waals surface area contributed by atoms with Gasteiger partial charge in [0.1, 0.15) is 11.8 Å². The van der Waals surface area contributed by atoms with Crippen LogP contribution in [-0.4, -0.2) is 25.1 Å². The largest absolute Gasteiger partial charge is 0.493 e. The van der Waals surface area contributed by atoms with Crippen LogP contribution in [0.25, 0.3) is 0 Å². The quantitative estimate of drug-likeness (QED) is 0.789. The third-order valence-electron chi connectivity index (χ3n) is 3.54. The summed E-state index contributed by atoms with van der Waals surface area (Å²) in [6, 6.07) is 3.07. The standard InChI is InChI=1S/C18H22N2O4/c1-6-7-13-8-14(9-15(22-4)16(13)23-5)17(21)20-12(3)18-19-10-11(2)24-18/h6,8-10,12H,1,7H2,2-5H3,(H,20,21)/t12-/m1/s1. The summed E-state index contributed by atoms with van der Waals surface area (Å²) in [5.74, 6) is 2.02. The van der Waals surface area contributed by atoms with Crippen LogP contribution in [0, 0.1) is 6.92 Å². The Balaban J connectivity index is 2.28. The van der Waals surface area contributed by atoms with Gasteiger partial charge in [0.05, 0.1) is 20.4 Å². The Morgan fingerprint density at radius 1 is 1.42 bits per heavy atom. The van der Waals surface area contributed by atoms with E-state index in [1.807, 2.05) is 6.92 Å². The van der Waals surface area contributed by atoms with E-state index in [-0.39, 0.29) is 11.9 Å². The van der Waals surface area contributed by atoms with Gasteiger partial charge < -0.3 is 19.2 Å². The second kappa shape index (κ2) is 7.68. The molecule has 0 fully saturated rings. The molecule has 0 unspecified atom stereocenters. The Labute approximate surface area is 141 Å². The van der Waals surface area contributed by atoms with Gasteiger partial charge in [0.2, 0.25) is 5.89 Å². The van der Waals surface area contributed by atoms with Gasteiger partial charge in [0.25, 0.3) is 5.91 Å². The smallest absolute Gasteiger partial charge is 0.252 e. The lowest BCUT2D eigenvalue weighted by atomic mass is 10.0. The highest BCUT2D eigenvalue weighted by atomic mass is 16.5. The van der Waals surface area contributed by atoms with Crippen LogP contribution in [0.4, 0.5) is 0 Å². The van der Waals surface area contributed by atoms with E-state index in [1.54, 1.807) is 38.4 Å². The van der Waals surface area contributed by atoms with Crippen LogP contribution in [-0.2, 0) is 6.42 Å². The number of methoxy groups -OCH3 is 2. The molecule has 0 bridgehead atoms. The number of ether oxygens (including phenoxy) is 2. The van der Waals surface area contributed by atoms with Crippen molar-refractivity contribution in [3.05, 3.63) is 53.8 Å². The van der Waals surface area contributed by atoms with Gasteiger partial charge in [-0.3, -0.25) is 4.79 Å². The van der Waals surface area contributed by atoms with Crippen molar-refractivity contribution in [2.45, 2.75) is 26.3 Å². The zero-order valence-corrected chi connectivity index (χ0v) is 14.4. The molecule has 128 valence electrons. The molecule has 6 nitrogen and oxygen atoms in total. The summed E-state index contributed by atoms with van der Waals surface area (Å²) in [5.41, 5.74) is 1.30. The maximum atomic E-state index is 12.6. The molecule has 0 aliphatic rings. The molecule has 0 saturated carbocycles. The first-order valence-corrected chi connectivity index (χ1v) is 7.59. The molecule has 0 spiro atoms. The monoisotopic (exact) mass is 330 g/mol. The number of rotatable bonds is 7. The molecule has 1 aromatic carbocycles. The number of hydrogen-bond acceptors (Lipinski definition) is 5. The first kappa shape index (κ1) is 17.6. The van der Waals surface area contributed by atoms with Crippen molar-refractivity contribution < 1.29 is 18.7 Å². The van der Waals surface area contributed by atoms with Crippen LogP contribution in [0.5, 0.6) is 11.5 Å². The van der Waals surface area contributed by atoms with Crippen LogP contribution >= 0.6 is 0 Å². The van der Waals surface area contributed by atoms with Crippen LogP contribution in [0.3, 0.4) is 0 Å².